The smallest absolute Gasteiger partial charge is 0.154 e. The third kappa shape index (κ3) is 21.2. The van der Waals surface area contributed by atoms with Gasteiger partial charge in [-0.2, -0.15) is 0 Å². The second-order valence-electron chi connectivity index (χ2n) is 0.762. The highest BCUT2D eigenvalue weighted by atomic mass is 35.5. The number of hydrogen-bond acceptors (Lipinski definition) is 1. The molecule has 7 heavy (non-hydrogen) atoms. The van der Waals surface area contributed by atoms with Gasteiger partial charge in [-0.25, -0.2) is 10.7 Å². The van der Waals surface area contributed by atoms with Gasteiger partial charge in [0.05, 0.1) is 0 Å². The Bertz CT molecular complexity index is 21.2. The van der Waals surface area contributed by atoms with Crippen molar-refractivity contribution in [2.75, 3.05) is 13.2 Å². The first-order valence-electron chi connectivity index (χ1n) is 1.58. The maximum Gasteiger partial charge on any atom is 0.154 e. The fourth-order valence-electron chi connectivity index (χ4n) is 0.102. The van der Waals surface area contributed by atoms with E-state index in [2.05, 4.69) is 16.5 Å². The first-order valence-corrected chi connectivity index (χ1v) is 1.58. The fraction of sp³-hybridized carbons (Fsp3) is 1.00. The predicted octanol–water partition coefficient (Wildman–Crippen LogP) is -8.59. The fourth-order valence-corrected chi connectivity index (χ4v) is 0.102. The van der Waals surface area contributed by atoms with Crippen LogP contribution in [0.25, 0.3) is 0 Å². The molecule has 0 aliphatic carbocycles. The monoisotopic (exact) mass is 148 g/mol. The average Bonchev–Trinajstić information content (AvgIpc) is 1.41. The Morgan fingerprint density at radius 2 is 1.71 bits per heavy atom. The van der Waals surface area contributed by atoms with Crippen molar-refractivity contribution in [3.63, 3.8) is 0 Å². The van der Waals surface area contributed by atoms with Crippen molar-refractivity contribution in [3.05, 3.63) is 0 Å². The Hall–Kier alpha value is 0.460. The van der Waals surface area contributed by atoms with Gasteiger partial charge in [0.15, 0.2) is 6.61 Å². The number of halogens is 2. The van der Waals surface area contributed by atoms with Crippen LogP contribution in [0, 0.1) is 0 Å². The quantitative estimate of drug-likeness (QED) is 0.376. The van der Waals surface area contributed by atoms with Crippen LogP contribution in [0.15, 0.2) is 0 Å². The van der Waals surface area contributed by atoms with Gasteiger partial charge in [0.25, 0.3) is 0 Å². The SMILES string of the molecule is [Cl-].[Cl-].[NH3+]CCO[NH3+]. The Balaban J connectivity index is -0.0000000800. The minimum absolute atomic E-state index is 0. The normalized spacial score (nSPS) is 6.00. The molecule has 0 aliphatic heterocycles. The van der Waals surface area contributed by atoms with Gasteiger partial charge in [0, 0.05) is 0 Å². The first kappa shape index (κ1) is 15.7. The molecule has 0 spiro atoms. The van der Waals surface area contributed by atoms with Gasteiger partial charge in [-0.05, 0) is 0 Å². The van der Waals surface area contributed by atoms with Crippen LogP contribution in [0.4, 0.5) is 0 Å². The van der Waals surface area contributed by atoms with E-state index in [0.29, 0.717) is 6.61 Å². The van der Waals surface area contributed by atoms with Crippen LogP contribution in [0.3, 0.4) is 0 Å². The summed E-state index contributed by atoms with van der Waals surface area (Å²) in [5, 5.41) is 0. The Morgan fingerprint density at radius 1 is 1.29 bits per heavy atom. The molecule has 0 heterocycles. The molecule has 0 saturated heterocycles. The van der Waals surface area contributed by atoms with Gasteiger partial charge >= 0.3 is 0 Å². The van der Waals surface area contributed by atoms with E-state index in [-0.39, 0.29) is 24.8 Å². The van der Waals surface area contributed by atoms with Crippen LogP contribution in [0.5, 0.6) is 0 Å². The summed E-state index contributed by atoms with van der Waals surface area (Å²) in [4.78, 5) is 4.38. The molecule has 0 unspecified atom stereocenters. The third-order valence-corrected chi connectivity index (χ3v) is 0.289. The summed E-state index contributed by atoms with van der Waals surface area (Å²) < 4.78 is 0. The Labute approximate surface area is 55.2 Å². The molecule has 0 aliphatic rings. The van der Waals surface area contributed by atoms with E-state index < -0.39 is 0 Å². The molecule has 0 fully saturated rings. The van der Waals surface area contributed by atoms with E-state index >= 15 is 0 Å². The first-order chi connectivity index (χ1) is 2.41. The van der Waals surface area contributed by atoms with Crippen molar-refractivity contribution in [1.82, 2.24) is 0 Å². The molecule has 0 aromatic heterocycles. The van der Waals surface area contributed by atoms with Crippen molar-refractivity contribution in [1.29, 1.82) is 0 Å². The Kier molecular flexibility index (Phi) is 36.0. The van der Waals surface area contributed by atoms with Crippen LogP contribution < -0.4 is 36.4 Å². The van der Waals surface area contributed by atoms with Crippen LogP contribution in [0.1, 0.15) is 0 Å². The largest absolute Gasteiger partial charge is 1.00 e. The lowest BCUT2D eigenvalue weighted by Crippen LogP contribution is -3.00. The van der Waals surface area contributed by atoms with E-state index in [1.807, 2.05) is 0 Å². The van der Waals surface area contributed by atoms with Crippen LogP contribution in [-0.2, 0) is 4.84 Å². The lowest BCUT2D eigenvalue weighted by atomic mass is 10.8. The predicted molar refractivity (Wildman–Crippen MR) is 16.6 cm³/mol. The summed E-state index contributed by atoms with van der Waals surface area (Å²) >= 11 is 0. The second kappa shape index (κ2) is 16.1. The van der Waals surface area contributed by atoms with Crippen LogP contribution in [0.2, 0.25) is 0 Å². The van der Waals surface area contributed by atoms with E-state index in [0.717, 1.165) is 6.54 Å². The van der Waals surface area contributed by atoms with E-state index in [1.165, 1.54) is 0 Å². The summed E-state index contributed by atoms with van der Waals surface area (Å²) in [5.41, 5.74) is 3.51. The highest BCUT2D eigenvalue weighted by molar-refractivity contribution is 4.06. The summed E-state index contributed by atoms with van der Waals surface area (Å²) in [6.07, 6.45) is 0. The molecular formula is C2H10Cl2N2O. The van der Waals surface area contributed by atoms with Crippen LogP contribution >= 0.6 is 0 Å². The summed E-state index contributed by atoms with van der Waals surface area (Å²) in [6.45, 7) is 1.48. The minimum atomic E-state index is 0. The Morgan fingerprint density at radius 3 is 1.71 bits per heavy atom. The summed E-state index contributed by atoms with van der Waals surface area (Å²) in [6, 6.07) is 0. The lowest BCUT2D eigenvalue weighted by Gasteiger charge is -1.77. The number of hydrogen-bond donors (Lipinski definition) is 2. The van der Waals surface area contributed by atoms with Crippen LogP contribution in [-0.4, -0.2) is 13.2 Å². The average molecular weight is 149 g/mol. The molecule has 0 atom stereocenters. The molecular weight excluding hydrogens is 139 g/mol. The molecule has 6 N–H and O–H groups in total. The van der Waals surface area contributed by atoms with Crippen molar-refractivity contribution in [3.8, 4) is 0 Å². The molecule has 48 valence electrons. The third-order valence-electron chi connectivity index (χ3n) is 0.289. The highest BCUT2D eigenvalue weighted by Crippen LogP contribution is 1.41. The molecule has 0 aromatic carbocycles. The van der Waals surface area contributed by atoms with Gasteiger partial charge in [0.2, 0.25) is 0 Å². The second-order valence-corrected chi connectivity index (χ2v) is 0.762. The maximum atomic E-state index is 4.38. The molecule has 3 nitrogen and oxygen atoms in total. The summed E-state index contributed by atoms with van der Waals surface area (Å²) in [5.74, 6) is 3.14. The van der Waals surface area contributed by atoms with Crippen molar-refractivity contribution in [2.24, 2.45) is 0 Å². The standard InChI is InChI=1S/C2H9N2O.2ClH/c3-1-2-5-4;;/h1-3H2,4H3;2*1H/q+1;;/p-1. The molecule has 0 aromatic rings. The zero-order chi connectivity index (χ0) is 4.12. The summed E-state index contributed by atoms with van der Waals surface area (Å²) in [7, 11) is 0. The number of quaternary nitrogens is 2. The lowest BCUT2D eigenvalue weighted by molar-refractivity contribution is -0.694. The minimum Gasteiger partial charge on any atom is -1.00 e. The van der Waals surface area contributed by atoms with Crippen molar-refractivity contribution >= 4 is 0 Å². The maximum absolute atomic E-state index is 4.38. The van der Waals surface area contributed by atoms with Gasteiger partial charge < -0.3 is 30.5 Å². The van der Waals surface area contributed by atoms with Gasteiger partial charge in [-0.1, -0.05) is 0 Å². The molecule has 5 heteroatoms. The van der Waals surface area contributed by atoms with E-state index in [1.54, 1.807) is 0 Å². The highest BCUT2D eigenvalue weighted by Gasteiger charge is 1.73. The zero-order valence-corrected chi connectivity index (χ0v) is 5.50. The van der Waals surface area contributed by atoms with Gasteiger partial charge in [0.1, 0.15) is 6.54 Å². The molecule has 0 radical (unpaired) electrons. The molecule has 0 rings (SSSR count). The van der Waals surface area contributed by atoms with Crippen molar-refractivity contribution in [2.45, 2.75) is 0 Å². The van der Waals surface area contributed by atoms with E-state index in [4.69, 9.17) is 0 Å². The zero-order valence-electron chi connectivity index (χ0n) is 3.99. The molecule has 0 saturated carbocycles. The molecule has 0 bridgehead atoms. The molecule has 0 amide bonds. The van der Waals surface area contributed by atoms with Gasteiger partial charge in [-0.3, -0.25) is 0 Å². The van der Waals surface area contributed by atoms with Gasteiger partial charge in [-0.15, -0.1) is 0 Å². The van der Waals surface area contributed by atoms with Crippen molar-refractivity contribution < 1.29 is 41.3 Å². The number of rotatable bonds is 2. The topological polar surface area (TPSA) is 64.5 Å². The van der Waals surface area contributed by atoms with E-state index in [9.17, 15) is 0 Å².